The van der Waals surface area contributed by atoms with E-state index in [-0.39, 0.29) is 18.0 Å². The third-order valence-electron chi connectivity index (χ3n) is 3.76. The molecule has 5 nitrogen and oxygen atoms in total. The van der Waals surface area contributed by atoms with Crippen LogP contribution in [0.15, 0.2) is 12.4 Å². The molecule has 2 unspecified atom stereocenters. The van der Waals surface area contributed by atoms with Gasteiger partial charge in [0.15, 0.2) is 0 Å². The monoisotopic (exact) mass is 278 g/mol. The molecule has 1 saturated heterocycles. The van der Waals surface area contributed by atoms with E-state index in [0.717, 1.165) is 31.5 Å². The average molecular weight is 278 g/mol. The van der Waals surface area contributed by atoms with Gasteiger partial charge < -0.3 is 10.6 Å². The lowest BCUT2D eigenvalue weighted by atomic mass is 9.91. The summed E-state index contributed by atoms with van der Waals surface area (Å²) in [5.41, 5.74) is 7.36. The minimum atomic E-state index is -0.0238. The molecule has 1 aromatic rings. The molecule has 0 bridgehead atoms. The number of hydrogen-bond acceptors (Lipinski definition) is 3. The zero-order chi connectivity index (χ0) is 14.7. The van der Waals surface area contributed by atoms with Crippen molar-refractivity contribution in [2.24, 2.45) is 11.7 Å². The van der Waals surface area contributed by atoms with Gasteiger partial charge in [0, 0.05) is 37.3 Å². The molecule has 0 radical (unpaired) electrons. The number of aryl methyl sites for hydroxylation is 1. The fourth-order valence-electron chi connectivity index (χ4n) is 2.90. The SMILES string of the molecule is CCCn1cc(C2C(N)CCC(=O)N2CC(C)C)cn1. The molecule has 2 heterocycles. The van der Waals surface area contributed by atoms with Gasteiger partial charge >= 0.3 is 0 Å². The van der Waals surface area contributed by atoms with Crippen LogP contribution in [0.25, 0.3) is 0 Å². The molecule has 5 heteroatoms. The number of piperidine rings is 1. The van der Waals surface area contributed by atoms with E-state index in [1.165, 1.54) is 0 Å². The van der Waals surface area contributed by atoms with Crippen LogP contribution in [-0.2, 0) is 11.3 Å². The third-order valence-corrected chi connectivity index (χ3v) is 3.76. The molecular formula is C15H26N4O. The highest BCUT2D eigenvalue weighted by atomic mass is 16.2. The minimum absolute atomic E-state index is 0.00530. The summed E-state index contributed by atoms with van der Waals surface area (Å²) in [6.07, 6.45) is 6.28. The van der Waals surface area contributed by atoms with Crippen LogP contribution in [-0.4, -0.2) is 33.2 Å². The average Bonchev–Trinajstić information content (AvgIpc) is 2.82. The smallest absolute Gasteiger partial charge is 0.223 e. The number of hydrogen-bond donors (Lipinski definition) is 1. The van der Waals surface area contributed by atoms with Gasteiger partial charge in [-0.15, -0.1) is 0 Å². The van der Waals surface area contributed by atoms with Gasteiger partial charge in [0.1, 0.15) is 0 Å². The van der Waals surface area contributed by atoms with Crippen molar-refractivity contribution in [2.45, 2.75) is 58.7 Å². The van der Waals surface area contributed by atoms with E-state index in [4.69, 9.17) is 5.73 Å². The van der Waals surface area contributed by atoms with Crippen LogP contribution < -0.4 is 5.73 Å². The van der Waals surface area contributed by atoms with Gasteiger partial charge in [0.25, 0.3) is 0 Å². The van der Waals surface area contributed by atoms with Gasteiger partial charge in [-0.2, -0.15) is 5.10 Å². The van der Waals surface area contributed by atoms with Gasteiger partial charge in [-0.1, -0.05) is 20.8 Å². The maximum Gasteiger partial charge on any atom is 0.223 e. The lowest BCUT2D eigenvalue weighted by molar-refractivity contribution is -0.138. The second-order valence-corrected chi connectivity index (χ2v) is 6.12. The number of nitrogens with two attached hydrogens (primary N) is 1. The summed E-state index contributed by atoms with van der Waals surface area (Å²) < 4.78 is 1.94. The molecule has 1 aliphatic heterocycles. The molecule has 2 rings (SSSR count). The summed E-state index contributed by atoms with van der Waals surface area (Å²) >= 11 is 0. The summed E-state index contributed by atoms with van der Waals surface area (Å²) in [5.74, 6) is 0.658. The standard InChI is InChI=1S/C15H26N4O/c1-4-7-18-10-12(8-17-18)15-13(16)5-6-14(20)19(15)9-11(2)3/h8,10-11,13,15H,4-7,9,16H2,1-3H3. The zero-order valence-corrected chi connectivity index (χ0v) is 12.7. The van der Waals surface area contributed by atoms with Crippen LogP contribution in [0.3, 0.4) is 0 Å². The van der Waals surface area contributed by atoms with E-state index >= 15 is 0 Å². The van der Waals surface area contributed by atoms with Crippen molar-refractivity contribution in [3.8, 4) is 0 Å². The normalized spacial score (nSPS) is 23.6. The number of rotatable bonds is 5. The van der Waals surface area contributed by atoms with Crippen LogP contribution in [0, 0.1) is 5.92 Å². The summed E-state index contributed by atoms with van der Waals surface area (Å²) in [6.45, 7) is 8.05. The van der Waals surface area contributed by atoms with E-state index < -0.39 is 0 Å². The van der Waals surface area contributed by atoms with E-state index in [2.05, 4.69) is 25.9 Å². The molecule has 1 amide bonds. The van der Waals surface area contributed by atoms with Crippen molar-refractivity contribution in [2.75, 3.05) is 6.54 Å². The van der Waals surface area contributed by atoms with Gasteiger partial charge in [0.05, 0.1) is 12.2 Å². The van der Waals surface area contributed by atoms with Crippen molar-refractivity contribution < 1.29 is 4.79 Å². The Morgan fingerprint density at radius 2 is 2.25 bits per heavy atom. The molecule has 112 valence electrons. The zero-order valence-electron chi connectivity index (χ0n) is 12.7. The first-order valence-corrected chi connectivity index (χ1v) is 7.60. The Kier molecular flexibility index (Phi) is 4.81. The van der Waals surface area contributed by atoms with Crippen molar-refractivity contribution >= 4 is 5.91 Å². The topological polar surface area (TPSA) is 64.2 Å². The number of likely N-dealkylation sites (tertiary alicyclic amines) is 1. The molecule has 0 aliphatic carbocycles. The highest BCUT2D eigenvalue weighted by Crippen LogP contribution is 2.31. The first kappa shape index (κ1) is 15.0. The second kappa shape index (κ2) is 6.39. The molecule has 1 fully saturated rings. The Hall–Kier alpha value is -1.36. The van der Waals surface area contributed by atoms with Crippen molar-refractivity contribution in [3.63, 3.8) is 0 Å². The van der Waals surface area contributed by atoms with Gasteiger partial charge in [0.2, 0.25) is 5.91 Å². The summed E-state index contributed by atoms with van der Waals surface area (Å²) in [6, 6.07) is -0.0185. The fraction of sp³-hybridized carbons (Fsp3) is 0.733. The van der Waals surface area contributed by atoms with Crippen LogP contribution in [0.4, 0.5) is 0 Å². The highest BCUT2D eigenvalue weighted by Gasteiger charge is 2.35. The largest absolute Gasteiger partial charge is 0.334 e. The maximum absolute atomic E-state index is 12.2. The van der Waals surface area contributed by atoms with E-state index in [0.29, 0.717) is 12.3 Å². The molecule has 0 aromatic carbocycles. The molecule has 1 aromatic heterocycles. The summed E-state index contributed by atoms with van der Waals surface area (Å²) in [4.78, 5) is 14.2. The molecule has 1 aliphatic rings. The Morgan fingerprint density at radius 1 is 1.50 bits per heavy atom. The van der Waals surface area contributed by atoms with Crippen LogP contribution in [0.1, 0.15) is 51.6 Å². The molecule has 0 saturated carbocycles. The number of carbonyl (C=O) groups is 1. The number of amides is 1. The van der Waals surface area contributed by atoms with E-state index in [1.807, 2.05) is 22.0 Å². The second-order valence-electron chi connectivity index (χ2n) is 6.12. The minimum Gasteiger partial charge on any atom is -0.334 e. The highest BCUT2D eigenvalue weighted by molar-refractivity contribution is 5.78. The fourth-order valence-corrected chi connectivity index (χ4v) is 2.90. The Balaban J connectivity index is 2.24. The predicted octanol–water partition coefficient (Wildman–Crippen LogP) is 1.94. The number of carbonyl (C=O) groups excluding carboxylic acids is 1. The van der Waals surface area contributed by atoms with Crippen LogP contribution in [0.5, 0.6) is 0 Å². The maximum atomic E-state index is 12.2. The van der Waals surface area contributed by atoms with Gasteiger partial charge in [-0.05, 0) is 18.8 Å². The number of aromatic nitrogens is 2. The molecule has 2 atom stereocenters. The first-order chi connectivity index (χ1) is 9.52. The van der Waals surface area contributed by atoms with Crippen LogP contribution >= 0.6 is 0 Å². The Bertz CT molecular complexity index is 454. The Morgan fingerprint density at radius 3 is 2.90 bits per heavy atom. The van der Waals surface area contributed by atoms with Crippen molar-refractivity contribution in [1.82, 2.24) is 14.7 Å². The quantitative estimate of drug-likeness (QED) is 0.895. The molecule has 20 heavy (non-hydrogen) atoms. The lowest BCUT2D eigenvalue weighted by Gasteiger charge is -2.40. The van der Waals surface area contributed by atoms with Crippen LogP contribution in [0.2, 0.25) is 0 Å². The molecule has 0 spiro atoms. The molecular weight excluding hydrogens is 252 g/mol. The predicted molar refractivity (Wildman–Crippen MR) is 79.0 cm³/mol. The van der Waals surface area contributed by atoms with E-state index in [1.54, 1.807) is 0 Å². The van der Waals surface area contributed by atoms with Crippen molar-refractivity contribution in [3.05, 3.63) is 18.0 Å². The number of nitrogens with zero attached hydrogens (tertiary/aromatic N) is 3. The molecule has 2 N–H and O–H groups in total. The summed E-state index contributed by atoms with van der Waals surface area (Å²) in [7, 11) is 0. The third kappa shape index (κ3) is 3.20. The van der Waals surface area contributed by atoms with Gasteiger partial charge in [-0.3, -0.25) is 9.48 Å². The van der Waals surface area contributed by atoms with Crippen molar-refractivity contribution in [1.29, 1.82) is 0 Å². The lowest BCUT2D eigenvalue weighted by Crippen LogP contribution is -2.49. The van der Waals surface area contributed by atoms with Gasteiger partial charge in [-0.25, -0.2) is 0 Å². The summed E-state index contributed by atoms with van der Waals surface area (Å²) in [5, 5.41) is 4.38. The first-order valence-electron chi connectivity index (χ1n) is 7.60. The Labute approximate surface area is 121 Å². The van der Waals surface area contributed by atoms with E-state index in [9.17, 15) is 4.79 Å².